The van der Waals surface area contributed by atoms with Gasteiger partial charge in [-0.25, -0.2) is 9.37 Å². The van der Waals surface area contributed by atoms with Crippen LogP contribution >= 0.6 is 33.9 Å². The van der Waals surface area contributed by atoms with Gasteiger partial charge in [-0.15, -0.1) is 11.3 Å². The number of pyridine rings is 1. The molecular weight excluding hydrogens is 566 g/mol. The lowest BCUT2D eigenvalue weighted by molar-refractivity contribution is 0.447. The van der Waals surface area contributed by atoms with Crippen molar-refractivity contribution in [1.82, 2.24) is 14.5 Å². The summed E-state index contributed by atoms with van der Waals surface area (Å²) >= 11 is 3.76. The fourth-order valence-corrected chi connectivity index (χ4v) is 5.83. The zero-order chi connectivity index (χ0) is 23.2. The van der Waals surface area contributed by atoms with Crippen LogP contribution in [0.3, 0.4) is 0 Å². The number of ether oxygens (including phenoxy) is 1. The number of rotatable bonds is 4. The van der Waals surface area contributed by atoms with E-state index in [9.17, 15) is 4.79 Å². The van der Waals surface area contributed by atoms with Crippen molar-refractivity contribution in [2.75, 3.05) is 11.4 Å². The number of thiophene rings is 1. The molecule has 0 saturated carbocycles. The molecule has 2 aromatic carbocycles. The molecule has 9 heteroatoms. The lowest BCUT2D eigenvalue weighted by Crippen LogP contribution is -2.21. The van der Waals surface area contributed by atoms with Gasteiger partial charge < -0.3 is 9.64 Å². The Labute approximate surface area is 211 Å². The number of hydrogen-bond donors (Lipinski definition) is 0. The van der Waals surface area contributed by atoms with Crippen LogP contribution < -0.4 is 15.2 Å². The molecule has 4 heterocycles. The van der Waals surface area contributed by atoms with Crippen LogP contribution in [0.5, 0.6) is 11.5 Å². The van der Waals surface area contributed by atoms with Gasteiger partial charge >= 0.3 is 0 Å². The SMILES string of the molecule is O=c1c(-c2ccc(Oc3ccnc4cc(I)sc34)c(F)c2)cnc2n1CCN2c1ccccc1. The second-order valence-electron chi connectivity index (χ2n) is 7.74. The molecule has 1 aliphatic heterocycles. The molecule has 0 N–H and O–H groups in total. The first-order chi connectivity index (χ1) is 16.6. The second kappa shape index (κ2) is 8.48. The summed E-state index contributed by atoms with van der Waals surface area (Å²) in [7, 11) is 0. The Morgan fingerprint density at radius 3 is 2.68 bits per heavy atom. The van der Waals surface area contributed by atoms with Crippen LogP contribution in [0.2, 0.25) is 0 Å². The van der Waals surface area contributed by atoms with Crippen LogP contribution in [0.1, 0.15) is 0 Å². The molecule has 34 heavy (non-hydrogen) atoms. The number of nitrogens with zero attached hydrogens (tertiary/aromatic N) is 4. The van der Waals surface area contributed by atoms with Crippen LogP contribution in [0.25, 0.3) is 21.3 Å². The van der Waals surface area contributed by atoms with E-state index in [2.05, 4.69) is 32.6 Å². The molecule has 1 aliphatic rings. The molecule has 0 spiro atoms. The Bertz CT molecular complexity index is 1600. The molecular formula is C25H16FIN4O2S. The number of anilines is 2. The summed E-state index contributed by atoms with van der Waals surface area (Å²) < 4.78 is 24.5. The van der Waals surface area contributed by atoms with E-state index in [4.69, 9.17) is 4.74 Å². The predicted molar refractivity (Wildman–Crippen MR) is 140 cm³/mol. The fraction of sp³-hybridized carbons (Fsp3) is 0.0800. The Morgan fingerprint density at radius 1 is 1.00 bits per heavy atom. The molecule has 6 rings (SSSR count). The van der Waals surface area contributed by atoms with E-state index in [0.717, 1.165) is 18.8 Å². The van der Waals surface area contributed by atoms with Crippen molar-refractivity contribution >= 4 is 55.8 Å². The van der Waals surface area contributed by atoms with Crippen molar-refractivity contribution in [2.45, 2.75) is 6.54 Å². The van der Waals surface area contributed by atoms with Crippen LogP contribution in [0.4, 0.5) is 16.0 Å². The standard InChI is InChI=1S/C25H16FIN4O2S/c26-18-12-15(6-7-20(18)33-21-8-9-28-19-13-22(27)34-23(19)21)17-14-29-25-30(10-11-31(25)24(17)32)16-4-2-1-3-5-16/h1-9,12-14H,10-11H2. The highest BCUT2D eigenvalue weighted by molar-refractivity contribution is 14.1. The maximum absolute atomic E-state index is 15.0. The molecule has 0 fully saturated rings. The third kappa shape index (κ3) is 3.64. The zero-order valence-electron chi connectivity index (χ0n) is 17.6. The number of benzene rings is 2. The van der Waals surface area contributed by atoms with E-state index in [1.165, 1.54) is 23.6 Å². The van der Waals surface area contributed by atoms with Crippen LogP contribution in [0, 0.1) is 8.70 Å². The molecule has 3 aromatic heterocycles. The Balaban J connectivity index is 1.32. The van der Waals surface area contributed by atoms with Crippen LogP contribution in [0.15, 0.2) is 77.9 Å². The topological polar surface area (TPSA) is 60.2 Å². The summed E-state index contributed by atoms with van der Waals surface area (Å²) in [5.74, 6) is 0.672. The van der Waals surface area contributed by atoms with Gasteiger partial charge in [0.2, 0.25) is 5.95 Å². The monoisotopic (exact) mass is 582 g/mol. The second-order valence-corrected chi connectivity index (χ2v) is 10.7. The maximum atomic E-state index is 15.0. The van der Waals surface area contributed by atoms with E-state index in [1.54, 1.807) is 29.0 Å². The van der Waals surface area contributed by atoms with E-state index >= 15 is 4.39 Å². The third-order valence-corrected chi connectivity index (χ3v) is 7.59. The average Bonchev–Trinajstić information content (AvgIpc) is 3.45. The normalized spacial score (nSPS) is 12.8. The molecule has 0 bridgehead atoms. The minimum Gasteiger partial charge on any atom is -0.453 e. The Kier molecular flexibility index (Phi) is 5.30. The number of aromatic nitrogens is 3. The Morgan fingerprint density at radius 2 is 1.85 bits per heavy atom. The van der Waals surface area contributed by atoms with Crippen molar-refractivity contribution in [3.05, 3.63) is 92.1 Å². The first-order valence-electron chi connectivity index (χ1n) is 10.5. The highest BCUT2D eigenvalue weighted by atomic mass is 127. The number of halogens is 2. The minimum absolute atomic E-state index is 0.0872. The van der Waals surface area contributed by atoms with Crippen LogP contribution in [-0.4, -0.2) is 21.1 Å². The summed E-state index contributed by atoms with van der Waals surface area (Å²) in [5, 5.41) is 0. The first-order valence-corrected chi connectivity index (χ1v) is 12.4. The van der Waals surface area contributed by atoms with Gasteiger partial charge in [-0.2, -0.15) is 0 Å². The van der Waals surface area contributed by atoms with Crippen molar-refractivity contribution < 1.29 is 9.13 Å². The predicted octanol–water partition coefficient (Wildman–Crippen LogP) is 6.21. The Hall–Kier alpha value is -3.31. The van der Waals surface area contributed by atoms with Crippen LogP contribution in [-0.2, 0) is 6.54 Å². The third-order valence-electron chi connectivity index (χ3n) is 5.69. The molecule has 5 aromatic rings. The van der Waals surface area contributed by atoms with Gasteiger partial charge in [0.05, 0.1) is 18.7 Å². The first kappa shape index (κ1) is 21.2. The summed E-state index contributed by atoms with van der Waals surface area (Å²) in [6.45, 7) is 1.17. The molecule has 0 radical (unpaired) electrons. The summed E-state index contributed by atoms with van der Waals surface area (Å²) in [6.07, 6.45) is 3.16. The van der Waals surface area contributed by atoms with Crippen molar-refractivity contribution in [3.63, 3.8) is 0 Å². The molecule has 0 saturated heterocycles. The van der Waals surface area contributed by atoms with Gasteiger partial charge in [-0.05, 0) is 58.5 Å². The molecule has 0 unspecified atom stereocenters. The van der Waals surface area contributed by atoms with E-state index in [1.807, 2.05) is 41.3 Å². The number of para-hydroxylation sites is 1. The van der Waals surface area contributed by atoms with Gasteiger partial charge in [0.1, 0.15) is 5.75 Å². The lowest BCUT2D eigenvalue weighted by atomic mass is 10.1. The van der Waals surface area contributed by atoms with Gasteiger partial charge in [0.25, 0.3) is 5.56 Å². The van der Waals surface area contributed by atoms with E-state index in [-0.39, 0.29) is 11.3 Å². The minimum atomic E-state index is -0.551. The molecule has 0 amide bonds. The summed E-state index contributed by atoms with van der Waals surface area (Å²) in [4.78, 5) is 24.1. The van der Waals surface area contributed by atoms with Gasteiger partial charge in [0.15, 0.2) is 11.6 Å². The van der Waals surface area contributed by atoms with Crippen molar-refractivity contribution in [3.8, 4) is 22.6 Å². The number of fused-ring (bicyclic) bond motifs is 2. The lowest BCUT2D eigenvalue weighted by Gasteiger charge is -2.17. The molecule has 0 aliphatic carbocycles. The molecule has 0 atom stereocenters. The van der Waals surface area contributed by atoms with E-state index < -0.39 is 5.82 Å². The maximum Gasteiger partial charge on any atom is 0.262 e. The van der Waals surface area contributed by atoms with Crippen molar-refractivity contribution in [2.24, 2.45) is 0 Å². The largest absolute Gasteiger partial charge is 0.453 e. The highest BCUT2D eigenvalue weighted by Gasteiger charge is 2.24. The van der Waals surface area contributed by atoms with Gasteiger partial charge in [-0.1, -0.05) is 24.3 Å². The zero-order valence-corrected chi connectivity index (χ0v) is 20.6. The molecule has 168 valence electrons. The highest BCUT2D eigenvalue weighted by Crippen LogP contribution is 2.37. The van der Waals surface area contributed by atoms with Crippen molar-refractivity contribution in [1.29, 1.82) is 0 Å². The summed E-state index contributed by atoms with van der Waals surface area (Å²) in [6, 6.07) is 18.0. The molecule has 6 nitrogen and oxygen atoms in total. The smallest absolute Gasteiger partial charge is 0.262 e. The average molecular weight is 582 g/mol. The van der Waals surface area contributed by atoms with Gasteiger partial charge in [0, 0.05) is 37.2 Å². The summed E-state index contributed by atoms with van der Waals surface area (Å²) in [5.41, 5.74) is 2.40. The fourth-order valence-electron chi connectivity index (χ4n) is 4.09. The van der Waals surface area contributed by atoms with E-state index in [0.29, 0.717) is 35.9 Å². The quantitative estimate of drug-likeness (QED) is 0.236. The number of hydrogen-bond acceptors (Lipinski definition) is 6. The van der Waals surface area contributed by atoms with Gasteiger partial charge in [-0.3, -0.25) is 14.3 Å².